The molecule has 26 heavy (non-hydrogen) atoms. The Morgan fingerprint density at radius 1 is 1.35 bits per heavy atom. The highest BCUT2D eigenvalue weighted by atomic mass is 16.5. The van der Waals surface area contributed by atoms with Crippen LogP contribution in [0.25, 0.3) is 11.4 Å². The van der Waals surface area contributed by atoms with Crippen LogP contribution in [0, 0.1) is 12.8 Å². The molecule has 2 unspecified atom stereocenters. The minimum atomic E-state index is -0.118. The molecule has 2 aromatic heterocycles. The zero-order chi connectivity index (χ0) is 17.9. The Labute approximate surface area is 150 Å². The van der Waals surface area contributed by atoms with Crippen molar-refractivity contribution in [2.75, 3.05) is 13.2 Å². The zero-order valence-electron chi connectivity index (χ0n) is 14.4. The van der Waals surface area contributed by atoms with E-state index in [9.17, 15) is 4.79 Å². The molecule has 0 radical (unpaired) electrons. The molecule has 0 saturated carbocycles. The van der Waals surface area contributed by atoms with Gasteiger partial charge in [0.05, 0.1) is 24.9 Å². The van der Waals surface area contributed by atoms with E-state index in [0.717, 1.165) is 22.8 Å². The van der Waals surface area contributed by atoms with Gasteiger partial charge in [-0.1, -0.05) is 17.3 Å². The van der Waals surface area contributed by atoms with Crippen molar-refractivity contribution in [1.82, 2.24) is 20.4 Å². The number of nitrogens with zero attached hydrogens (tertiary/aromatic N) is 2. The molecule has 1 amide bonds. The Kier molecular flexibility index (Phi) is 4.53. The maximum absolute atomic E-state index is 12.7. The van der Waals surface area contributed by atoms with Crippen LogP contribution in [-0.4, -0.2) is 40.3 Å². The summed E-state index contributed by atoms with van der Waals surface area (Å²) in [6.45, 7) is 2.99. The zero-order valence-corrected chi connectivity index (χ0v) is 14.4. The van der Waals surface area contributed by atoms with E-state index < -0.39 is 0 Å². The molecule has 7 heteroatoms. The molecule has 3 heterocycles. The monoisotopic (exact) mass is 352 g/mol. The number of imidazole rings is 1. The fourth-order valence-corrected chi connectivity index (χ4v) is 3.21. The average Bonchev–Trinajstić information content (AvgIpc) is 3.39. The van der Waals surface area contributed by atoms with Crippen LogP contribution in [0.2, 0.25) is 0 Å². The lowest BCUT2D eigenvalue weighted by atomic mass is 9.97. The molecule has 1 aromatic carbocycles. The quantitative estimate of drug-likeness (QED) is 0.735. The first-order valence-electron chi connectivity index (χ1n) is 8.59. The standard InChI is InChI=1S/C19H20N4O3/c1-12-7-16(26-23-12)9-15-10-25-11-17(15)22-19(24)14-4-2-3-13(8-14)18-20-5-6-21-18/h2-8,15,17H,9-11H2,1H3,(H,20,21)(H,22,24). The summed E-state index contributed by atoms with van der Waals surface area (Å²) in [4.78, 5) is 20.0. The van der Waals surface area contributed by atoms with E-state index in [4.69, 9.17) is 9.26 Å². The van der Waals surface area contributed by atoms with Crippen molar-refractivity contribution < 1.29 is 14.1 Å². The van der Waals surface area contributed by atoms with E-state index in [2.05, 4.69) is 20.4 Å². The van der Waals surface area contributed by atoms with E-state index in [1.54, 1.807) is 18.5 Å². The maximum Gasteiger partial charge on any atom is 0.251 e. The van der Waals surface area contributed by atoms with Gasteiger partial charge in [0.2, 0.25) is 0 Å². The van der Waals surface area contributed by atoms with Crippen LogP contribution in [0.1, 0.15) is 21.8 Å². The van der Waals surface area contributed by atoms with Gasteiger partial charge < -0.3 is 19.6 Å². The third kappa shape index (κ3) is 3.52. The molecule has 2 atom stereocenters. The van der Waals surface area contributed by atoms with Gasteiger partial charge in [0, 0.05) is 41.9 Å². The van der Waals surface area contributed by atoms with Crippen molar-refractivity contribution in [3.63, 3.8) is 0 Å². The summed E-state index contributed by atoms with van der Waals surface area (Å²) >= 11 is 0. The highest BCUT2D eigenvalue weighted by molar-refractivity contribution is 5.95. The Morgan fingerprint density at radius 2 is 2.27 bits per heavy atom. The van der Waals surface area contributed by atoms with E-state index in [1.807, 2.05) is 31.2 Å². The Morgan fingerprint density at radius 3 is 3.04 bits per heavy atom. The molecule has 0 spiro atoms. The van der Waals surface area contributed by atoms with Crippen molar-refractivity contribution in [1.29, 1.82) is 0 Å². The number of carbonyl (C=O) groups is 1. The van der Waals surface area contributed by atoms with Crippen molar-refractivity contribution in [2.45, 2.75) is 19.4 Å². The highest BCUT2D eigenvalue weighted by Gasteiger charge is 2.31. The molecular weight excluding hydrogens is 332 g/mol. The fourth-order valence-electron chi connectivity index (χ4n) is 3.21. The molecule has 134 valence electrons. The van der Waals surface area contributed by atoms with Crippen LogP contribution in [0.15, 0.2) is 47.2 Å². The molecule has 7 nitrogen and oxygen atoms in total. The number of carbonyl (C=O) groups excluding carboxylic acids is 1. The van der Waals surface area contributed by atoms with Gasteiger partial charge in [-0.05, 0) is 19.1 Å². The van der Waals surface area contributed by atoms with Gasteiger partial charge in [0.25, 0.3) is 5.91 Å². The number of nitrogens with one attached hydrogen (secondary N) is 2. The Bertz CT molecular complexity index is 888. The summed E-state index contributed by atoms with van der Waals surface area (Å²) in [6.07, 6.45) is 4.14. The summed E-state index contributed by atoms with van der Waals surface area (Å²) in [5, 5.41) is 7.00. The van der Waals surface area contributed by atoms with Crippen molar-refractivity contribution in [2.24, 2.45) is 5.92 Å². The van der Waals surface area contributed by atoms with E-state index in [-0.39, 0.29) is 17.9 Å². The Hall–Kier alpha value is -2.93. The highest BCUT2D eigenvalue weighted by Crippen LogP contribution is 2.21. The molecule has 0 aliphatic carbocycles. The number of ether oxygens (including phenoxy) is 1. The number of aromatic nitrogens is 3. The van der Waals surface area contributed by atoms with Gasteiger partial charge >= 0.3 is 0 Å². The molecule has 1 aliphatic rings. The SMILES string of the molecule is Cc1cc(CC2COCC2NC(=O)c2cccc(-c3ncc[nH]3)c2)on1. The summed E-state index contributed by atoms with van der Waals surface area (Å²) in [7, 11) is 0. The van der Waals surface area contributed by atoms with Crippen LogP contribution in [0.5, 0.6) is 0 Å². The summed E-state index contributed by atoms with van der Waals surface area (Å²) in [6, 6.07) is 9.27. The van der Waals surface area contributed by atoms with Crippen molar-refractivity contribution >= 4 is 5.91 Å². The van der Waals surface area contributed by atoms with Crippen LogP contribution in [0.4, 0.5) is 0 Å². The number of hydrogen-bond donors (Lipinski definition) is 2. The summed E-state index contributed by atoms with van der Waals surface area (Å²) in [5.74, 6) is 1.60. The van der Waals surface area contributed by atoms with Gasteiger partial charge in [-0.3, -0.25) is 4.79 Å². The first kappa shape index (κ1) is 16.5. The van der Waals surface area contributed by atoms with E-state index >= 15 is 0 Å². The van der Waals surface area contributed by atoms with Crippen LogP contribution >= 0.6 is 0 Å². The normalized spacial score (nSPS) is 19.6. The number of rotatable bonds is 5. The number of H-pyrrole nitrogens is 1. The van der Waals surface area contributed by atoms with Crippen molar-refractivity contribution in [3.05, 3.63) is 59.7 Å². The van der Waals surface area contributed by atoms with Gasteiger partial charge in [-0.15, -0.1) is 0 Å². The molecule has 0 bridgehead atoms. The lowest BCUT2D eigenvalue weighted by Crippen LogP contribution is -2.40. The minimum Gasteiger partial charge on any atom is -0.379 e. The second-order valence-corrected chi connectivity index (χ2v) is 6.53. The number of aryl methyl sites for hydroxylation is 1. The Balaban J connectivity index is 1.44. The summed E-state index contributed by atoms with van der Waals surface area (Å²) < 4.78 is 10.9. The number of hydrogen-bond acceptors (Lipinski definition) is 5. The van der Waals surface area contributed by atoms with Gasteiger partial charge in [-0.25, -0.2) is 4.98 Å². The molecule has 3 aromatic rings. The summed E-state index contributed by atoms with van der Waals surface area (Å²) in [5.41, 5.74) is 2.33. The van der Waals surface area contributed by atoms with Gasteiger partial charge in [0.15, 0.2) is 0 Å². The number of aromatic amines is 1. The number of benzene rings is 1. The fraction of sp³-hybridized carbons (Fsp3) is 0.316. The topological polar surface area (TPSA) is 93.0 Å². The third-order valence-corrected chi connectivity index (χ3v) is 4.55. The largest absolute Gasteiger partial charge is 0.379 e. The second-order valence-electron chi connectivity index (χ2n) is 6.53. The smallest absolute Gasteiger partial charge is 0.251 e. The predicted octanol–water partition coefficient (Wildman–Crippen LogP) is 2.36. The lowest BCUT2D eigenvalue weighted by Gasteiger charge is -2.18. The van der Waals surface area contributed by atoms with Gasteiger partial charge in [-0.2, -0.15) is 0 Å². The van der Waals surface area contributed by atoms with E-state index in [0.29, 0.717) is 25.2 Å². The van der Waals surface area contributed by atoms with E-state index in [1.165, 1.54) is 0 Å². The molecule has 2 N–H and O–H groups in total. The lowest BCUT2D eigenvalue weighted by molar-refractivity contribution is 0.0924. The molecule has 1 saturated heterocycles. The third-order valence-electron chi connectivity index (χ3n) is 4.55. The maximum atomic E-state index is 12.7. The van der Waals surface area contributed by atoms with Crippen LogP contribution < -0.4 is 5.32 Å². The first-order valence-corrected chi connectivity index (χ1v) is 8.59. The second kappa shape index (κ2) is 7.13. The molecule has 1 fully saturated rings. The van der Waals surface area contributed by atoms with Gasteiger partial charge in [0.1, 0.15) is 11.6 Å². The minimum absolute atomic E-state index is 0.0554. The predicted molar refractivity (Wildman–Crippen MR) is 94.5 cm³/mol. The molecular formula is C19H20N4O3. The van der Waals surface area contributed by atoms with Crippen LogP contribution in [-0.2, 0) is 11.2 Å². The molecule has 4 rings (SSSR count). The van der Waals surface area contributed by atoms with Crippen molar-refractivity contribution in [3.8, 4) is 11.4 Å². The number of amides is 1. The van der Waals surface area contributed by atoms with Crippen LogP contribution in [0.3, 0.4) is 0 Å². The first-order chi connectivity index (χ1) is 12.7. The molecule has 1 aliphatic heterocycles. The average molecular weight is 352 g/mol.